The first-order valence-electron chi connectivity index (χ1n) is 13.7. The van der Waals surface area contributed by atoms with Crippen molar-refractivity contribution in [3.05, 3.63) is 131 Å². The second kappa shape index (κ2) is 12.6. The SMILES string of the molecule is Cc1cccc(C)c1OCC(=O)Nc1ccccc1C(=O)N1CCN(C(c2ccccc2)c2ccccc2)CC1. The van der Waals surface area contributed by atoms with Crippen molar-refractivity contribution in [3.63, 3.8) is 0 Å². The van der Waals surface area contributed by atoms with E-state index in [1.54, 1.807) is 12.1 Å². The Morgan fingerprint density at radius 3 is 1.88 bits per heavy atom. The molecule has 1 aliphatic heterocycles. The second-order valence-electron chi connectivity index (χ2n) is 10.2. The topological polar surface area (TPSA) is 61.9 Å². The van der Waals surface area contributed by atoms with Crippen LogP contribution in [0, 0.1) is 13.8 Å². The van der Waals surface area contributed by atoms with E-state index in [-0.39, 0.29) is 24.5 Å². The Hall–Kier alpha value is -4.42. The number of piperazine rings is 1. The molecule has 5 rings (SSSR count). The first-order chi connectivity index (χ1) is 19.5. The molecule has 0 bridgehead atoms. The van der Waals surface area contributed by atoms with E-state index in [4.69, 9.17) is 4.74 Å². The standard InChI is InChI=1S/C34H35N3O3/c1-25-12-11-13-26(2)33(25)40-24-31(38)35-30-19-10-9-18-29(30)34(39)37-22-20-36(21-23-37)32(27-14-5-3-6-15-27)28-16-7-4-8-17-28/h3-19,32H,20-24H2,1-2H3,(H,35,38). The van der Waals surface area contributed by atoms with E-state index in [9.17, 15) is 9.59 Å². The summed E-state index contributed by atoms with van der Waals surface area (Å²) in [5, 5.41) is 2.89. The third kappa shape index (κ3) is 6.24. The van der Waals surface area contributed by atoms with E-state index < -0.39 is 0 Å². The minimum Gasteiger partial charge on any atom is -0.483 e. The van der Waals surface area contributed by atoms with Gasteiger partial charge in [-0.05, 0) is 48.2 Å². The average Bonchev–Trinajstić information content (AvgIpc) is 2.98. The minimum atomic E-state index is -0.304. The molecule has 4 aromatic carbocycles. The fraction of sp³-hybridized carbons (Fsp3) is 0.235. The minimum absolute atomic E-state index is 0.0813. The Morgan fingerprint density at radius 1 is 0.725 bits per heavy atom. The van der Waals surface area contributed by atoms with E-state index in [1.807, 2.05) is 61.2 Å². The molecule has 1 saturated heterocycles. The maximum Gasteiger partial charge on any atom is 0.262 e. The van der Waals surface area contributed by atoms with Crippen molar-refractivity contribution in [2.75, 3.05) is 38.1 Å². The van der Waals surface area contributed by atoms with Crippen LogP contribution in [0.1, 0.15) is 38.7 Å². The summed E-state index contributed by atoms with van der Waals surface area (Å²) < 4.78 is 5.81. The van der Waals surface area contributed by atoms with Crippen molar-refractivity contribution in [3.8, 4) is 5.75 Å². The van der Waals surface area contributed by atoms with Crippen LogP contribution >= 0.6 is 0 Å². The van der Waals surface area contributed by atoms with Gasteiger partial charge in [0.15, 0.2) is 6.61 Å². The quantitative estimate of drug-likeness (QED) is 0.308. The highest BCUT2D eigenvalue weighted by molar-refractivity contribution is 6.04. The number of carbonyl (C=O) groups excluding carboxylic acids is 2. The van der Waals surface area contributed by atoms with Crippen LogP contribution in [0.5, 0.6) is 5.75 Å². The number of rotatable bonds is 8. The maximum absolute atomic E-state index is 13.6. The molecule has 1 fully saturated rings. The Labute approximate surface area is 236 Å². The molecule has 6 heteroatoms. The third-order valence-corrected chi connectivity index (χ3v) is 7.39. The number of hydrogen-bond acceptors (Lipinski definition) is 4. The Balaban J connectivity index is 1.24. The van der Waals surface area contributed by atoms with Gasteiger partial charge < -0.3 is 15.0 Å². The lowest BCUT2D eigenvalue weighted by Crippen LogP contribution is -2.50. The molecule has 0 unspecified atom stereocenters. The first-order valence-corrected chi connectivity index (χ1v) is 13.7. The molecule has 2 amide bonds. The van der Waals surface area contributed by atoms with Crippen LogP contribution in [0.2, 0.25) is 0 Å². The van der Waals surface area contributed by atoms with Gasteiger partial charge in [-0.15, -0.1) is 0 Å². The fourth-order valence-corrected chi connectivity index (χ4v) is 5.37. The van der Waals surface area contributed by atoms with Crippen LogP contribution in [0.4, 0.5) is 5.69 Å². The summed E-state index contributed by atoms with van der Waals surface area (Å²) in [5.74, 6) is 0.327. The molecule has 0 atom stereocenters. The molecule has 0 spiro atoms. The second-order valence-corrected chi connectivity index (χ2v) is 10.2. The van der Waals surface area contributed by atoms with Crippen molar-refractivity contribution < 1.29 is 14.3 Å². The van der Waals surface area contributed by atoms with Gasteiger partial charge in [0, 0.05) is 26.2 Å². The smallest absolute Gasteiger partial charge is 0.262 e. The summed E-state index contributed by atoms with van der Waals surface area (Å²) in [6.45, 7) is 6.48. The van der Waals surface area contributed by atoms with Crippen molar-refractivity contribution in [1.29, 1.82) is 0 Å². The molecule has 4 aromatic rings. The molecule has 1 N–H and O–H groups in total. The summed E-state index contributed by atoms with van der Waals surface area (Å²) in [6, 6.07) is 34.2. The first kappa shape index (κ1) is 27.2. The van der Waals surface area contributed by atoms with Gasteiger partial charge in [0.25, 0.3) is 11.8 Å². The van der Waals surface area contributed by atoms with Crippen LogP contribution in [0.3, 0.4) is 0 Å². The van der Waals surface area contributed by atoms with Gasteiger partial charge in [-0.25, -0.2) is 0 Å². The predicted octanol–water partition coefficient (Wildman–Crippen LogP) is 5.87. The normalized spacial score (nSPS) is 13.7. The van der Waals surface area contributed by atoms with Crippen LogP contribution < -0.4 is 10.1 Å². The number of amides is 2. The number of nitrogens with zero attached hydrogens (tertiary/aromatic N) is 2. The number of carbonyl (C=O) groups is 2. The third-order valence-electron chi connectivity index (χ3n) is 7.39. The van der Waals surface area contributed by atoms with Gasteiger partial charge >= 0.3 is 0 Å². The summed E-state index contributed by atoms with van der Waals surface area (Å²) >= 11 is 0. The van der Waals surface area contributed by atoms with E-state index in [0.29, 0.717) is 30.1 Å². The van der Waals surface area contributed by atoms with Crippen LogP contribution in [-0.4, -0.2) is 54.4 Å². The van der Waals surface area contributed by atoms with Gasteiger partial charge in [0.2, 0.25) is 0 Å². The lowest BCUT2D eigenvalue weighted by Gasteiger charge is -2.40. The van der Waals surface area contributed by atoms with E-state index in [1.165, 1.54) is 11.1 Å². The molecule has 1 aliphatic rings. The highest BCUT2D eigenvalue weighted by atomic mass is 16.5. The van der Waals surface area contributed by atoms with E-state index >= 15 is 0 Å². The van der Waals surface area contributed by atoms with Crippen molar-refractivity contribution in [1.82, 2.24) is 9.80 Å². The maximum atomic E-state index is 13.6. The van der Waals surface area contributed by atoms with Crippen molar-refractivity contribution >= 4 is 17.5 Å². The number of benzene rings is 4. The average molecular weight is 534 g/mol. The number of aryl methyl sites for hydroxylation is 2. The van der Waals surface area contributed by atoms with Crippen molar-refractivity contribution in [2.24, 2.45) is 0 Å². The Bertz CT molecular complexity index is 1390. The Morgan fingerprint density at radius 2 is 1.27 bits per heavy atom. The molecular weight excluding hydrogens is 498 g/mol. The fourth-order valence-electron chi connectivity index (χ4n) is 5.37. The number of ether oxygens (including phenoxy) is 1. The van der Waals surface area contributed by atoms with Crippen LogP contribution in [0.15, 0.2) is 103 Å². The monoisotopic (exact) mass is 533 g/mol. The molecule has 40 heavy (non-hydrogen) atoms. The lowest BCUT2D eigenvalue weighted by atomic mass is 9.96. The Kier molecular flexibility index (Phi) is 8.57. The van der Waals surface area contributed by atoms with Gasteiger partial charge in [0.05, 0.1) is 17.3 Å². The van der Waals surface area contributed by atoms with Gasteiger partial charge in [0.1, 0.15) is 5.75 Å². The largest absolute Gasteiger partial charge is 0.483 e. The van der Waals surface area contributed by atoms with Crippen LogP contribution in [0.25, 0.3) is 0 Å². The number of hydrogen-bond donors (Lipinski definition) is 1. The zero-order valence-electron chi connectivity index (χ0n) is 23.0. The van der Waals surface area contributed by atoms with Gasteiger partial charge in [-0.1, -0.05) is 91.0 Å². The van der Waals surface area contributed by atoms with Gasteiger partial charge in [-0.2, -0.15) is 0 Å². The molecule has 0 radical (unpaired) electrons. The summed E-state index contributed by atoms with van der Waals surface area (Å²) in [7, 11) is 0. The molecule has 0 aromatic heterocycles. The predicted molar refractivity (Wildman–Crippen MR) is 159 cm³/mol. The summed E-state index contributed by atoms with van der Waals surface area (Å²) in [6.07, 6.45) is 0. The molecule has 1 heterocycles. The number of anilines is 1. The van der Waals surface area contributed by atoms with Crippen LogP contribution in [-0.2, 0) is 4.79 Å². The molecule has 0 aliphatic carbocycles. The molecule has 204 valence electrons. The molecule has 0 saturated carbocycles. The van der Waals surface area contributed by atoms with Crippen molar-refractivity contribution in [2.45, 2.75) is 19.9 Å². The van der Waals surface area contributed by atoms with Gasteiger partial charge in [-0.3, -0.25) is 14.5 Å². The summed E-state index contributed by atoms with van der Waals surface area (Å²) in [5.41, 5.74) is 5.42. The highest BCUT2D eigenvalue weighted by Gasteiger charge is 2.29. The van der Waals surface area contributed by atoms with E-state index in [2.05, 4.69) is 58.7 Å². The highest BCUT2D eigenvalue weighted by Crippen LogP contribution is 2.30. The molecule has 6 nitrogen and oxygen atoms in total. The zero-order valence-corrected chi connectivity index (χ0v) is 23.0. The zero-order chi connectivity index (χ0) is 27.9. The summed E-state index contributed by atoms with van der Waals surface area (Å²) in [4.78, 5) is 30.7. The number of para-hydroxylation sites is 2. The lowest BCUT2D eigenvalue weighted by molar-refractivity contribution is -0.118. The number of nitrogens with one attached hydrogen (secondary N) is 1. The van der Waals surface area contributed by atoms with E-state index in [0.717, 1.165) is 24.2 Å². The molecular formula is C34H35N3O3.